The second-order valence-electron chi connectivity index (χ2n) is 4.81. The van der Waals surface area contributed by atoms with Crippen molar-refractivity contribution in [1.82, 2.24) is 5.32 Å². The Kier molecular flexibility index (Phi) is 5.76. The van der Waals surface area contributed by atoms with Gasteiger partial charge in [0.25, 0.3) is 0 Å². The Labute approximate surface area is 118 Å². The third-order valence-electron chi connectivity index (χ3n) is 3.27. The summed E-state index contributed by atoms with van der Waals surface area (Å²) in [7, 11) is 1.44. The molecule has 6 heteroatoms. The van der Waals surface area contributed by atoms with E-state index in [2.05, 4.69) is 10.6 Å². The van der Waals surface area contributed by atoms with Crippen molar-refractivity contribution in [2.75, 3.05) is 19.0 Å². The summed E-state index contributed by atoms with van der Waals surface area (Å²) < 4.78 is 18.3. The highest BCUT2D eigenvalue weighted by Crippen LogP contribution is 2.25. The minimum atomic E-state index is -0.514. The van der Waals surface area contributed by atoms with Gasteiger partial charge in [0.1, 0.15) is 11.6 Å². The highest BCUT2D eigenvalue weighted by atomic mass is 19.1. The van der Waals surface area contributed by atoms with Crippen LogP contribution >= 0.6 is 0 Å². The topological polar surface area (TPSA) is 70.6 Å². The normalized spacial score (nSPS) is 13.4. The third-order valence-corrected chi connectivity index (χ3v) is 3.27. The highest BCUT2D eigenvalue weighted by Gasteiger charge is 2.24. The summed E-state index contributed by atoms with van der Waals surface area (Å²) in [5.41, 5.74) is -0.258. The van der Waals surface area contributed by atoms with E-state index in [0.717, 1.165) is 0 Å². The maximum Gasteiger partial charge on any atom is 0.319 e. The molecule has 2 amide bonds. The fourth-order valence-electron chi connectivity index (χ4n) is 1.78. The van der Waals surface area contributed by atoms with Gasteiger partial charge in [-0.05, 0) is 31.9 Å². The molecule has 0 radical (unpaired) electrons. The number of rotatable bonds is 6. The van der Waals surface area contributed by atoms with Crippen molar-refractivity contribution in [3.63, 3.8) is 0 Å². The van der Waals surface area contributed by atoms with Gasteiger partial charge in [0.15, 0.2) is 0 Å². The smallest absolute Gasteiger partial charge is 0.319 e. The first-order valence-electron chi connectivity index (χ1n) is 6.47. The van der Waals surface area contributed by atoms with Gasteiger partial charge in [-0.3, -0.25) is 0 Å². The molecule has 1 aromatic rings. The van der Waals surface area contributed by atoms with Crippen molar-refractivity contribution in [2.24, 2.45) is 0 Å². The molecule has 3 N–H and O–H groups in total. The molecule has 0 spiro atoms. The van der Waals surface area contributed by atoms with Crippen LogP contribution in [0.15, 0.2) is 18.2 Å². The molecule has 0 saturated heterocycles. The number of ether oxygens (including phenoxy) is 1. The van der Waals surface area contributed by atoms with Crippen molar-refractivity contribution in [3.05, 3.63) is 24.0 Å². The monoisotopic (exact) mass is 284 g/mol. The third kappa shape index (κ3) is 4.38. The van der Waals surface area contributed by atoms with Crippen LogP contribution in [-0.4, -0.2) is 30.4 Å². The number of anilines is 1. The summed E-state index contributed by atoms with van der Waals surface area (Å²) >= 11 is 0. The quantitative estimate of drug-likeness (QED) is 0.751. The molecule has 0 bridgehead atoms. The lowest BCUT2D eigenvalue weighted by molar-refractivity contribution is 0.208. The Morgan fingerprint density at radius 2 is 2.20 bits per heavy atom. The van der Waals surface area contributed by atoms with Crippen LogP contribution in [0.2, 0.25) is 0 Å². The molecule has 0 saturated carbocycles. The molecule has 0 fully saturated rings. The van der Waals surface area contributed by atoms with Gasteiger partial charge in [0.05, 0.1) is 12.8 Å². The van der Waals surface area contributed by atoms with Crippen molar-refractivity contribution < 1.29 is 19.0 Å². The van der Waals surface area contributed by atoms with E-state index in [0.29, 0.717) is 18.6 Å². The lowest BCUT2D eigenvalue weighted by Gasteiger charge is -2.29. The van der Waals surface area contributed by atoms with Gasteiger partial charge < -0.3 is 20.5 Å². The number of nitrogens with one attached hydrogen (secondary N) is 2. The average Bonchev–Trinajstić information content (AvgIpc) is 2.39. The highest BCUT2D eigenvalue weighted by molar-refractivity contribution is 5.91. The van der Waals surface area contributed by atoms with Crippen LogP contribution in [0.4, 0.5) is 14.9 Å². The van der Waals surface area contributed by atoms with Gasteiger partial charge in [-0.25, -0.2) is 9.18 Å². The predicted molar refractivity (Wildman–Crippen MR) is 75.5 cm³/mol. The van der Waals surface area contributed by atoms with Gasteiger partial charge in [-0.15, -0.1) is 0 Å². The second kappa shape index (κ2) is 7.09. The van der Waals surface area contributed by atoms with Crippen LogP contribution in [-0.2, 0) is 0 Å². The van der Waals surface area contributed by atoms with Gasteiger partial charge in [-0.2, -0.15) is 0 Å². The summed E-state index contributed by atoms with van der Waals surface area (Å²) in [5, 5.41) is 14.3. The number of hydrogen-bond donors (Lipinski definition) is 3. The van der Waals surface area contributed by atoms with E-state index in [1.54, 1.807) is 0 Å². The lowest BCUT2D eigenvalue weighted by Crippen LogP contribution is -2.48. The van der Waals surface area contributed by atoms with Crippen molar-refractivity contribution in [3.8, 4) is 5.75 Å². The van der Waals surface area contributed by atoms with Crippen LogP contribution in [0.25, 0.3) is 0 Å². The number of aliphatic hydroxyl groups is 1. The molecule has 20 heavy (non-hydrogen) atoms. The van der Waals surface area contributed by atoms with E-state index in [-0.39, 0.29) is 12.3 Å². The Morgan fingerprint density at radius 3 is 2.75 bits per heavy atom. The molecular weight excluding hydrogens is 263 g/mol. The molecule has 1 unspecified atom stereocenters. The first-order valence-corrected chi connectivity index (χ1v) is 6.47. The second-order valence-corrected chi connectivity index (χ2v) is 4.81. The van der Waals surface area contributed by atoms with E-state index in [9.17, 15) is 9.18 Å². The standard InChI is InChI=1S/C14H21FN2O3/c1-4-14(2,7-8-18)17-13(19)16-11-9-10(15)5-6-12(11)20-3/h5-6,9,18H,4,7-8H2,1-3H3,(H2,16,17,19). The predicted octanol–water partition coefficient (Wildman–Crippen LogP) is 2.51. The summed E-state index contributed by atoms with van der Waals surface area (Å²) in [6, 6.07) is 3.42. The fraction of sp³-hybridized carbons (Fsp3) is 0.500. The largest absolute Gasteiger partial charge is 0.495 e. The Hall–Kier alpha value is -1.82. The van der Waals surface area contributed by atoms with E-state index in [1.807, 2.05) is 13.8 Å². The summed E-state index contributed by atoms with van der Waals surface area (Å²) in [5.74, 6) is -0.0865. The number of carbonyl (C=O) groups is 1. The Balaban J connectivity index is 2.78. The molecule has 0 heterocycles. The average molecular weight is 284 g/mol. The van der Waals surface area contributed by atoms with Crippen molar-refractivity contribution in [2.45, 2.75) is 32.2 Å². The first-order chi connectivity index (χ1) is 9.44. The van der Waals surface area contributed by atoms with Crippen LogP contribution in [0.1, 0.15) is 26.7 Å². The van der Waals surface area contributed by atoms with Gasteiger partial charge in [0.2, 0.25) is 0 Å². The molecule has 1 rings (SSSR count). The minimum Gasteiger partial charge on any atom is -0.495 e. The summed E-state index contributed by atoms with van der Waals surface area (Å²) in [6.07, 6.45) is 1.11. The SMILES string of the molecule is CCC(C)(CCO)NC(=O)Nc1cc(F)ccc1OC. The number of halogens is 1. The molecule has 0 aliphatic rings. The summed E-state index contributed by atoms with van der Waals surface area (Å²) in [6.45, 7) is 3.73. The molecule has 1 aromatic carbocycles. The zero-order valence-electron chi connectivity index (χ0n) is 12.0. The number of amides is 2. The lowest BCUT2D eigenvalue weighted by atomic mass is 9.95. The molecule has 112 valence electrons. The number of benzene rings is 1. The van der Waals surface area contributed by atoms with E-state index < -0.39 is 17.4 Å². The van der Waals surface area contributed by atoms with Crippen LogP contribution in [0.3, 0.4) is 0 Å². The van der Waals surface area contributed by atoms with E-state index >= 15 is 0 Å². The molecule has 0 aliphatic carbocycles. The summed E-state index contributed by atoms with van der Waals surface area (Å²) in [4.78, 5) is 12.0. The van der Waals surface area contributed by atoms with Crippen molar-refractivity contribution in [1.29, 1.82) is 0 Å². The zero-order valence-corrected chi connectivity index (χ0v) is 12.0. The van der Waals surface area contributed by atoms with E-state index in [4.69, 9.17) is 9.84 Å². The van der Waals surface area contributed by atoms with Gasteiger partial charge in [0, 0.05) is 18.2 Å². The van der Waals surface area contributed by atoms with Gasteiger partial charge >= 0.3 is 6.03 Å². The molecular formula is C14H21FN2O3. The fourth-order valence-corrected chi connectivity index (χ4v) is 1.78. The van der Waals surface area contributed by atoms with Crippen LogP contribution in [0, 0.1) is 5.82 Å². The zero-order chi connectivity index (χ0) is 15.2. The van der Waals surface area contributed by atoms with E-state index in [1.165, 1.54) is 25.3 Å². The Morgan fingerprint density at radius 1 is 1.50 bits per heavy atom. The van der Waals surface area contributed by atoms with Gasteiger partial charge in [-0.1, -0.05) is 6.92 Å². The number of aliphatic hydroxyl groups excluding tert-OH is 1. The molecule has 0 aromatic heterocycles. The van der Waals surface area contributed by atoms with Crippen molar-refractivity contribution >= 4 is 11.7 Å². The Bertz CT molecular complexity index is 468. The molecule has 1 atom stereocenters. The number of urea groups is 1. The van der Waals surface area contributed by atoms with Crippen LogP contribution < -0.4 is 15.4 Å². The number of hydrogen-bond acceptors (Lipinski definition) is 3. The first kappa shape index (κ1) is 16.2. The minimum absolute atomic E-state index is 0.0199. The van der Waals surface area contributed by atoms with Crippen LogP contribution in [0.5, 0.6) is 5.75 Å². The maximum atomic E-state index is 13.2. The molecule has 0 aliphatic heterocycles. The maximum absolute atomic E-state index is 13.2. The number of carbonyl (C=O) groups excluding carboxylic acids is 1. The molecule has 5 nitrogen and oxygen atoms in total. The number of methoxy groups -OCH3 is 1.